The Kier molecular flexibility index (Phi) is 5.42. The second-order valence-electron chi connectivity index (χ2n) is 9.27. The van der Waals surface area contributed by atoms with E-state index in [0.717, 1.165) is 19.0 Å². The highest BCUT2D eigenvalue weighted by Gasteiger charge is 2.45. The first-order chi connectivity index (χ1) is 11.7. The van der Waals surface area contributed by atoms with E-state index in [0.29, 0.717) is 24.9 Å². The van der Waals surface area contributed by atoms with Crippen LogP contribution in [0.15, 0.2) is 0 Å². The Morgan fingerprint density at radius 3 is 2.12 bits per heavy atom. The zero-order valence-corrected chi connectivity index (χ0v) is 16.3. The molecule has 5 heteroatoms. The lowest BCUT2D eigenvalue weighted by Gasteiger charge is -2.48. The van der Waals surface area contributed by atoms with Gasteiger partial charge in [0.25, 0.3) is 0 Å². The number of piperidine rings is 2. The van der Waals surface area contributed by atoms with Crippen LogP contribution >= 0.6 is 0 Å². The van der Waals surface area contributed by atoms with E-state index in [4.69, 9.17) is 4.74 Å². The molecule has 3 aliphatic rings. The van der Waals surface area contributed by atoms with Gasteiger partial charge in [-0.15, -0.1) is 0 Å². The molecular weight excluding hydrogens is 316 g/mol. The van der Waals surface area contributed by atoms with Crippen LogP contribution < -0.4 is 0 Å². The average Bonchev–Trinajstić information content (AvgIpc) is 2.53. The molecule has 2 aliphatic heterocycles. The van der Waals surface area contributed by atoms with Crippen LogP contribution in [-0.4, -0.2) is 59.5 Å². The summed E-state index contributed by atoms with van der Waals surface area (Å²) < 4.78 is 5.51. The van der Waals surface area contributed by atoms with Crippen LogP contribution in [0.25, 0.3) is 0 Å². The lowest BCUT2D eigenvalue weighted by molar-refractivity contribution is -0.138. The molecule has 3 rings (SSSR count). The van der Waals surface area contributed by atoms with Crippen LogP contribution in [0, 0.1) is 17.8 Å². The largest absolute Gasteiger partial charge is 0.444 e. The van der Waals surface area contributed by atoms with Crippen molar-refractivity contribution in [2.45, 2.75) is 71.4 Å². The molecule has 1 aliphatic carbocycles. The zero-order valence-electron chi connectivity index (χ0n) is 16.3. The summed E-state index contributed by atoms with van der Waals surface area (Å²) in [5, 5.41) is 0. The smallest absolute Gasteiger partial charge is 0.410 e. The summed E-state index contributed by atoms with van der Waals surface area (Å²) in [4.78, 5) is 29.3. The van der Waals surface area contributed by atoms with Gasteiger partial charge in [-0.25, -0.2) is 4.79 Å². The highest BCUT2D eigenvalue weighted by atomic mass is 16.6. The summed E-state index contributed by atoms with van der Waals surface area (Å²) >= 11 is 0. The van der Waals surface area contributed by atoms with Crippen molar-refractivity contribution in [1.82, 2.24) is 9.80 Å². The maximum Gasteiger partial charge on any atom is 0.410 e. The standard InChI is InChI=1S/C20H34N2O3/c1-14(15-8-6-5-7-9-15)21-10-16-12-22(13-17(11-21)18(16)23)19(24)25-20(2,3)4/h14-17H,5-13H2,1-4H3/t14-,16?,17?/m0/s1. The minimum Gasteiger partial charge on any atom is -0.444 e. The number of hydrogen-bond acceptors (Lipinski definition) is 4. The van der Waals surface area contributed by atoms with E-state index in [-0.39, 0.29) is 17.9 Å². The molecule has 25 heavy (non-hydrogen) atoms. The molecule has 0 spiro atoms. The van der Waals surface area contributed by atoms with E-state index in [2.05, 4.69) is 11.8 Å². The predicted molar refractivity (Wildman–Crippen MR) is 97.4 cm³/mol. The first-order valence-corrected chi connectivity index (χ1v) is 10.0. The molecule has 142 valence electrons. The van der Waals surface area contributed by atoms with Crippen LogP contribution in [0.2, 0.25) is 0 Å². The van der Waals surface area contributed by atoms with Gasteiger partial charge in [0.2, 0.25) is 0 Å². The molecule has 0 N–H and O–H groups in total. The van der Waals surface area contributed by atoms with E-state index in [1.807, 2.05) is 20.8 Å². The third-order valence-electron chi connectivity index (χ3n) is 6.16. The number of likely N-dealkylation sites (tertiary alicyclic amines) is 2. The van der Waals surface area contributed by atoms with Gasteiger partial charge in [0, 0.05) is 44.1 Å². The maximum absolute atomic E-state index is 12.6. The summed E-state index contributed by atoms with van der Waals surface area (Å²) in [6.07, 6.45) is 6.44. The second-order valence-corrected chi connectivity index (χ2v) is 9.27. The Bertz CT molecular complexity index is 490. The highest BCUT2D eigenvalue weighted by Crippen LogP contribution is 2.33. The van der Waals surface area contributed by atoms with Crippen molar-refractivity contribution < 1.29 is 14.3 Å². The van der Waals surface area contributed by atoms with E-state index in [1.54, 1.807) is 4.90 Å². The van der Waals surface area contributed by atoms with Crippen molar-refractivity contribution in [3.63, 3.8) is 0 Å². The van der Waals surface area contributed by atoms with Crippen LogP contribution in [0.1, 0.15) is 59.8 Å². The number of ketones is 1. The topological polar surface area (TPSA) is 49.9 Å². The van der Waals surface area contributed by atoms with Crippen LogP contribution in [0.4, 0.5) is 4.79 Å². The van der Waals surface area contributed by atoms with Gasteiger partial charge in [0.1, 0.15) is 11.4 Å². The summed E-state index contributed by atoms with van der Waals surface area (Å²) in [6, 6.07) is 0.548. The molecule has 2 bridgehead atoms. The van der Waals surface area contributed by atoms with E-state index in [1.165, 1.54) is 32.1 Å². The molecule has 5 nitrogen and oxygen atoms in total. The van der Waals surface area contributed by atoms with E-state index >= 15 is 0 Å². The fourth-order valence-corrected chi connectivity index (χ4v) is 4.78. The molecular formula is C20H34N2O3. The van der Waals surface area contributed by atoms with Crippen molar-refractivity contribution in [2.75, 3.05) is 26.2 Å². The number of carbonyl (C=O) groups is 2. The molecule has 0 aromatic heterocycles. The Morgan fingerprint density at radius 1 is 1.04 bits per heavy atom. The van der Waals surface area contributed by atoms with Crippen LogP contribution in [0.5, 0.6) is 0 Å². The molecule has 0 radical (unpaired) electrons. The summed E-state index contributed by atoms with van der Waals surface area (Å²) in [5.41, 5.74) is -0.491. The summed E-state index contributed by atoms with van der Waals surface area (Å²) in [5.74, 6) is 1.02. The van der Waals surface area contributed by atoms with Crippen molar-refractivity contribution in [3.8, 4) is 0 Å². The minimum atomic E-state index is -0.491. The lowest BCUT2D eigenvalue weighted by atomic mass is 9.79. The van der Waals surface area contributed by atoms with Gasteiger partial charge in [-0.3, -0.25) is 9.69 Å². The van der Waals surface area contributed by atoms with Crippen molar-refractivity contribution >= 4 is 11.9 Å². The Morgan fingerprint density at radius 2 is 1.60 bits per heavy atom. The van der Waals surface area contributed by atoms with Gasteiger partial charge in [0.15, 0.2) is 0 Å². The zero-order chi connectivity index (χ0) is 18.2. The fraction of sp³-hybridized carbons (Fsp3) is 0.900. The predicted octanol–water partition coefficient (Wildman–Crippen LogP) is 3.32. The number of amides is 1. The van der Waals surface area contributed by atoms with Gasteiger partial charge in [-0.1, -0.05) is 19.3 Å². The Labute approximate surface area is 152 Å². The van der Waals surface area contributed by atoms with Gasteiger partial charge >= 0.3 is 6.09 Å². The van der Waals surface area contributed by atoms with Gasteiger partial charge in [-0.05, 0) is 46.5 Å². The normalized spacial score (nSPS) is 30.2. The van der Waals surface area contributed by atoms with Gasteiger partial charge in [0.05, 0.1) is 0 Å². The summed E-state index contributed by atoms with van der Waals surface area (Å²) in [7, 11) is 0. The van der Waals surface area contributed by atoms with Crippen molar-refractivity contribution in [3.05, 3.63) is 0 Å². The average molecular weight is 351 g/mol. The third-order valence-corrected chi connectivity index (χ3v) is 6.16. The van der Waals surface area contributed by atoms with Crippen LogP contribution in [-0.2, 0) is 9.53 Å². The number of rotatable bonds is 2. The van der Waals surface area contributed by atoms with E-state index < -0.39 is 5.60 Å². The Hall–Kier alpha value is -1.10. The second kappa shape index (κ2) is 7.26. The van der Waals surface area contributed by atoms with Crippen LogP contribution in [0.3, 0.4) is 0 Å². The SMILES string of the molecule is C[C@@H](C1CCCCC1)N1CC2CN(C(=O)OC(C)(C)C)CC(C1)C2=O. The number of hydrogen-bond donors (Lipinski definition) is 0. The number of nitrogens with zero attached hydrogens (tertiary/aromatic N) is 2. The lowest BCUT2D eigenvalue weighted by Crippen LogP contribution is -2.61. The Balaban J connectivity index is 1.62. The molecule has 0 aromatic rings. The first-order valence-electron chi connectivity index (χ1n) is 10.0. The first kappa shape index (κ1) is 18.7. The molecule has 1 amide bonds. The fourth-order valence-electron chi connectivity index (χ4n) is 4.78. The molecule has 2 saturated heterocycles. The quantitative estimate of drug-likeness (QED) is 0.766. The van der Waals surface area contributed by atoms with Gasteiger partial charge < -0.3 is 9.64 Å². The highest BCUT2D eigenvalue weighted by molar-refractivity contribution is 5.87. The van der Waals surface area contributed by atoms with Crippen molar-refractivity contribution in [2.24, 2.45) is 17.8 Å². The molecule has 3 fully saturated rings. The molecule has 2 heterocycles. The van der Waals surface area contributed by atoms with E-state index in [9.17, 15) is 9.59 Å². The number of fused-ring (bicyclic) bond motifs is 2. The molecule has 0 aromatic carbocycles. The third kappa shape index (κ3) is 4.36. The van der Waals surface area contributed by atoms with Crippen molar-refractivity contribution in [1.29, 1.82) is 0 Å². The minimum absolute atomic E-state index is 0.0499. The number of ether oxygens (including phenoxy) is 1. The van der Waals surface area contributed by atoms with Gasteiger partial charge in [-0.2, -0.15) is 0 Å². The monoisotopic (exact) mass is 350 g/mol. The molecule has 2 unspecified atom stereocenters. The maximum atomic E-state index is 12.6. The molecule has 1 saturated carbocycles. The number of Topliss-reactive ketones (excluding diaryl/α,β-unsaturated/α-hetero) is 1. The summed E-state index contributed by atoms with van der Waals surface area (Å²) in [6.45, 7) is 10.6. The molecule has 3 atom stereocenters. The number of carbonyl (C=O) groups excluding carboxylic acids is 2.